The number of hydrogen-bond acceptors (Lipinski definition) is 3. The van der Waals surface area contributed by atoms with Gasteiger partial charge in [0.25, 0.3) is 0 Å². The molecule has 0 bridgehead atoms. The molecule has 158 valence electrons. The van der Waals surface area contributed by atoms with Crippen LogP contribution in [0.4, 0.5) is 0 Å². The van der Waals surface area contributed by atoms with Crippen molar-refractivity contribution in [2.24, 2.45) is 51.8 Å². The van der Waals surface area contributed by atoms with Crippen LogP contribution < -0.4 is 0 Å². The van der Waals surface area contributed by atoms with Crippen molar-refractivity contribution in [2.45, 2.75) is 85.0 Å². The monoisotopic (exact) mass is 394 g/mol. The molecule has 6 atom stereocenters. The van der Waals surface area contributed by atoms with E-state index in [1.54, 1.807) is 0 Å². The van der Waals surface area contributed by atoms with E-state index in [0.29, 0.717) is 5.41 Å². The number of fused-ring (bicyclic) bond motifs is 5. The van der Waals surface area contributed by atoms with Gasteiger partial charge in [-0.25, -0.2) is 0 Å². The van der Waals surface area contributed by atoms with E-state index >= 15 is 0 Å². The summed E-state index contributed by atoms with van der Waals surface area (Å²) in [7, 11) is 1.96. The Balaban J connectivity index is 1.37. The van der Waals surface area contributed by atoms with Gasteiger partial charge in [-0.3, -0.25) is 4.68 Å². The van der Waals surface area contributed by atoms with Crippen molar-refractivity contribution in [3.8, 4) is 0 Å². The minimum atomic E-state index is 0.278. The lowest BCUT2D eigenvalue weighted by Crippen LogP contribution is -2.52. The van der Waals surface area contributed by atoms with Gasteiger partial charge >= 0.3 is 0 Å². The van der Waals surface area contributed by atoms with Crippen molar-refractivity contribution in [1.29, 1.82) is 0 Å². The van der Waals surface area contributed by atoms with Crippen LogP contribution in [0.1, 0.15) is 89.3 Å². The number of nitrogens with zero attached hydrogens (tertiary/aromatic N) is 4. The first kappa shape index (κ1) is 19.5. The van der Waals surface area contributed by atoms with Gasteiger partial charge in [0.15, 0.2) is 0 Å². The summed E-state index contributed by atoms with van der Waals surface area (Å²) in [6.07, 6.45) is 18.0. The molecule has 1 heterocycles. The van der Waals surface area contributed by atoms with Crippen LogP contribution >= 0.6 is 0 Å². The van der Waals surface area contributed by atoms with E-state index in [1.807, 2.05) is 31.1 Å². The fraction of sp³-hybridized carbons (Fsp3) is 0.800. The van der Waals surface area contributed by atoms with Crippen molar-refractivity contribution in [3.63, 3.8) is 0 Å². The molecule has 0 aromatic carbocycles. The van der Waals surface area contributed by atoms with Crippen LogP contribution in [0.2, 0.25) is 0 Å². The second kappa shape index (κ2) is 7.06. The SMILES string of the molecule is Cc1nn(C)cc1/C=N\N=C1\CC[C@@H]2[C@H]3CC[C@H]4CCCC[C@]4(C)[C@@H]3CC[C@]12C. The molecule has 1 aromatic heterocycles. The Hall–Kier alpha value is -1.45. The summed E-state index contributed by atoms with van der Waals surface area (Å²) in [5.41, 5.74) is 4.36. The van der Waals surface area contributed by atoms with Crippen molar-refractivity contribution in [3.05, 3.63) is 17.5 Å². The summed E-state index contributed by atoms with van der Waals surface area (Å²) in [5, 5.41) is 13.7. The Bertz CT molecular complexity index is 836. The van der Waals surface area contributed by atoms with Gasteiger partial charge in [0, 0.05) is 29.9 Å². The molecule has 4 fully saturated rings. The largest absolute Gasteiger partial charge is 0.275 e. The quantitative estimate of drug-likeness (QED) is 0.452. The number of rotatable bonds is 2. The van der Waals surface area contributed by atoms with Crippen LogP contribution in [0.15, 0.2) is 16.4 Å². The van der Waals surface area contributed by atoms with Crippen LogP contribution in [0.5, 0.6) is 0 Å². The van der Waals surface area contributed by atoms with Crippen molar-refractivity contribution in [1.82, 2.24) is 9.78 Å². The molecule has 0 unspecified atom stereocenters. The van der Waals surface area contributed by atoms with Gasteiger partial charge < -0.3 is 0 Å². The van der Waals surface area contributed by atoms with E-state index < -0.39 is 0 Å². The lowest BCUT2D eigenvalue weighted by Gasteiger charge is -2.59. The first-order chi connectivity index (χ1) is 13.9. The second-order valence-corrected chi connectivity index (χ2v) is 11.0. The fourth-order valence-electron chi connectivity index (χ4n) is 8.15. The highest BCUT2D eigenvalue weighted by Crippen LogP contribution is 2.65. The predicted molar refractivity (Wildman–Crippen MR) is 119 cm³/mol. The van der Waals surface area contributed by atoms with Gasteiger partial charge in [0.2, 0.25) is 0 Å². The Morgan fingerprint density at radius 3 is 2.72 bits per heavy atom. The normalized spacial score (nSPS) is 43.4. The van der Waals surface area contributed by atoms with E-state index in [9.17, 15) is 0 Å². The first-order valence-corrected chi connectivity index (χ1v) is 12.0. The summed E-state index contributed by atoms with van der Waals surface area (Å²) in [5.74, 6) is 3.71. The van der Waals surface area contributed by atoms with Crippen LogP contribution in [0.25, 0.3) is 0 Å². The van der Waals surface area contributed by atoms with Gasteiger partial charge in [0.05, 0.1) is 11.9 Å². The fourth-order valence-corrected chi connectivity index (χ4v) is 8.15. The third-order valence-electron chi connectivity index (χ3n) is 9.75. The molecule has 0 saturated heterocycles. The van der Waals surface area contributed by atoms with E-state index in [4.69, 9.17) is 5.10 Å². The van der Waals surface area contributed by atoms with Gasteiger partial charge in [0.1, 0.15) is 0 Å². The Labute approximate surface area is 176 Å². The van der Waals surface area contributed by atoms with Crippen molar-refractivity contribution >= 4 is 11.9 Å². The van der Waals surface area contributed by atoms with Gasteiger partial charge in [-0.2, -0.15) is 15.3 Å². The lowest BCUT2D eigenvalue weighted by molar-refractivity contribution is -0.0936. The lowest BCUT2D eigenvalue weighted by atomic mass is 9.45. The molecular weight excluding hydrogens is 356 g/mol. The third kappa shape index (κ3) is 3.04. The van der Waals surface area contributed by atoms with Gasteiger partial charge in [-0.05, 0) is 87.4 Å². The molecular formula is C25H38N4. The molecule has 0 radical (unpaired) electrons. The molecule has 4 aliphatic rings. The molecule has 4 saturated carbocycles. The standard InChI is InChI=1S/C25H38N4/c1-17-18(16-29(4)28-17)15-26-27-23-11-10-21-20-9-8-19-7-5-6-13-24(19,2)22(20)12-14-25(21,23)3/h15-16,19-22H,5-14H2,1-4H3/b26-15-,27-23-/t19-,20-,21-,22-,24+,25+/m1/s1. The third-order valence-corrected chi connectivity index (χ3v) is 9.75. The molecule has 4 aliphatic carbocycles. The van der Waals surface area contributed by atoms with Crippen molar-refractivity contribution < 1.29 is 0 Å². The maximum absolute atomic E-state index is 4.81. The zero-order valence-corrected chi connectivity index (χ0v) is 18.8. The molecule has 1 aromatic rings. The van der Waals surface area contributed by atoms with Gasteiger partial charge in [-0.1, -0.05) is 26.7 Å². The second-order valence-electron chi connectivity index (χ2n) is 11.0. The molecule has 5 rings (SSSR count). The summed E-state index contributed by atoms with van der Waals surface area (Å²) in [4.78, 5) is 0. The molecule has 29 heavy (non-hydrogen) atoms. The molecule has 0 amide bonds. The maximum Gasteiger partial charge on any atom is 0.0682 e. The smallest absolute Gasteiger partial charge is 0.0682 e. The molecule has 4 nitrogen and oxygen atoms in total. The van der Waals surface area contributed by atoms with E-state index in [1.165, 1.54) is 63.5 Å². The minimum Gasteiger partial charge on any atom is -0.275 e. The summed E-state index contributed by atoms with van der Waals surface area (Å²) in [6, 6.07) is 0. The number of aromatic nitrogens is 2. The zero-order valence-electron chi connectivity index (χ0n) is 18.8. The number of aryl methyl sites for hydroxylation is 2. The zero-order chi connectivity index (χ0) is 20.2. The summed E-state index contributed by atoms with van der Waals surface area (Å²) >= 11 is 0. The molecule has 0 aliphatic heterocycles. The maximum atomic E-state index is 4.81. The molecule has 4 heteroatoms. The summed E-state index contributed by atoms with van der Waals surface area (Å²) in [6.45, 7) is 7.21. The van der Waals surface area contributed by atoms with Crippen LogP contribution in [0, 0.1) is 41.4 Å². The Morgan fingerprint density at radius 1 is 1.07 bits per heavy atom. The van der Waals surface area contributed by atoms with E-state index in [2.05, 4.69) is 24.0 Å². The van der Waals surface area contributed by atoms with Crippen LogP contribution in [-0.4, -0.2) is 21.7 Å². The topological polar surface area (TPSA) is 42.5 Å². The van der Waals surface area contributed by atoms with Crippen LogP contribution in [0.3, 0.4) is 0 Å². The van der Waals surface area contributed by atoms with E-state index in [-0.39, 0.29) is 5.41 Å². The Morgan fingerprint density at radius 2 is 1.93 bits per heavy atom. The minimum absolute atomic E-state index is 0.278. The molecule has 0 N–H and O–H groups in total. The Kier molecular flexibility index (Phi) is 4.75. The summed E-state index contributed by atoms with van der Waals surface area (Å²) < 4.78 is 1.85. The predicted octanol–water partition coefficient (Wildman–Crippen LogP) is 5.94. The highest BCUT2D eigenvalue weighted by molar-refractivity contribution is 5.93. The van der Waals surface area contributed by atoms with E-state index in [0.717, 1.165) is 41.3 Å². The average Bonchev–Trinajstić information content (AvgIpc) is 3.19. The highest BCUT2D eigenvalue weighted by Gasteiger charge is 2.58. The highest BCUT2D eigenvalue weighted by atomic mass is 15.3. The molecule has 0 spiro atoms. The van der Waals surface area contributed by atoms with Crippen LogP contribution in [-0.2, 0) is 7.05 Å². The van der Waals surface area contributed by atoms with Gasteiger partial charge in [-0.15, -0.1) is 0 Å². The first-order valence-electron chi connectivity index (χ1n) is 12.0. The average molecular weight is 395 g/mol. The number of hydrogen-bond donors (Lipinski definition) is 0. The van der Waals surface area contributed by atoms with Crippen molar-refractivity contribution in [2.75, 3.05) is 0 Å².